The van der Waals surface area contributed by atoms with Crippen molar-refractivity contribution in [2.45, 2.75) is 51.9 Å². The number of primary amides is 1. The molecule has 0 spiro atoms. The van der Waals surface area contributed by atoms with Gasteiger partial charge in [0, 0.05) is 19.0 Å². The van der Waals surface area contributed by atoms with Crippen molar-refractivity contribution in [3.8, 4) is 0 Å². The molecule has 1 aromatic carbocycles. The van der Waals surface area contributed by atoms with E-state index in [4.69, 9.17) is 5.73 Å². The van der Waals surface area contributed by atoms with Gasteiger partial charge in [-0.3, -0.25) is 14.4 Å². The smallest absolute Gasteiger partial charge is 0.253 e. The average molecular weight is 410 g/mol. The lowest BCUT2D eigenvalue weighted by molar-refractivity contribution is -0.118. The SMILES string of the molecule is C/C(=C\C(=O)Nc1ccccc1C(=O)NCCC(N)=O)C12CC3CC(CC(C3)C1)C2. The highest BCUT2D eigenvalue weighted by molar-refractivity contribution is 6.06. The number of amides is 3. The molecule has 160 valence electrons. The Morgan fingerprint density at radius 2 is 1.67 bits per heavy atom. The lowest BCUT2D eigenvalue weighted by Crippen LogP contribution is -2.46. The topological polar surface area (TPSA) is 101 Å². The van der Waals surface area contributed by atoms with Gasteiger partial charge in [-0.2, -0.15) is 0 Å². The van der Waals surface area contributed by atoms with Crippen molar-refractivity contribution in [1.29, 1.82) is 0 Å². The maximum absolute atomic E-state index is 12.8. The number of rotatable bonds is 7. The maximum atomic E-state index is 12.8. The summed E-state index contributed by atoms with van der Waals surface area (Å²) in [5, 5.41) is 5.55. The minimum Gasteiger partial charge on any atom is -0.370 e. The second kappa shape index (κ2) is 8.25. The number of allylic oxidation sites excluding steroid dienone is 1. The van der Waals surface area contributed by atoms with E-state index in [9.17, 15) is 14.4 Å². The van der Waals surface area contributed by atoms with Crippen LogP contribution in [0.1, 0.15) is 62.2 Å². The van der Waals surface area contributed by atoms with Crippen LogP contribution in [0.25, 0.3) is 0 Å². The summed E-state index contributed by atoms with van der Waals surface area (Å²) >= 11 is 0. The molecule has 4 N–H and O–H groups in total. The predicted octanol–water partition coefficient (Wildman–Crippen LogP) is 3.39. The summed E-state index contributed by atoms with van der Waals surface area (Å²) < 4.78 is 0. The summed E-state index contributed by atoms with van der Waals surface area (Å²) in [6.45, 7) is 2.27. The third-order valence-electron chi connectivity index (χ3n) is 7.31. The molecule has 0 heterocycles. The largest absolute Gasteiger partial charge is 0.370 e. The monoisotopic (exact) mass is 409 g/mol. The molecule has 1 aromatic rings. The highest BCUT2D eigenvalue weighted by Crippen LogP contribution is 2.62. The molecule has 0 atom stereocenters. The van der Waals surface area contributed by atoms with Gasteiger partial charge >= 0.3 is 0 Å². The van der Waals surface area contributed by atoms with Crippen LogP contribution in [0.15, 0.2) is 35.9 Å². The van der Waals surface area contributed by atoms with Crippen molar-refractivity contribution < 1.29 is 14.4 Å². The summed E-state index contributed by atoms with van der Waals surface area (Å²) in [6, 6.07) is 6.90. The number of carbonyl (C=O) groups excluding carboxylic acids is 3. The Morgan fingerprint density at radius 1 is 1.07 bits per heavy atom. The lowest BCUT2D eigenvalue weighted by Gasteiger charge is -2.57. The first kappa shape index (κ1) is 20.6. The Kier molecular flexibility index (Phi) is 5.67. The van der Waals surface area contributed by atoms with Gasteiger partial charge in [0.05, 0.1) is 11.3 Å². The zero-order chi connectivity index (χ0) is 21.3. The Morgan fingerprint density at radius 3 is 2.27 bits per heavy atom. The fourth-order valence-electron chi connectivity index (χ4n) is 6.30. The third-order valence-corrected chi connectivity index (χ3v) is 7.31. The molecule has 4 aliphatic rings. The highest BCUT2D eigenvalue weighted by atomic mass is 16.2. The van der Waals surface area contributed by atoms with Crippen molar-refractivity contribution in [3.05, 3.63) is 41.5 Å². The molecule has 0 saturated heterocycles. The Balaban J connectivity index is 1.44. The molecule has 0 radical (unpaired) electrons. The molecule has 6 nitrogen and oxygen atoms in total. The first-order valence-corrected chi connectivity index (χ1v) is 11.0. The van der Waals surface area contributed by atoms with Gasteiger partial charge in [0.2, 0.25) is 11.8 Å². The summed E-state index contributed by atoms with van der Waals surface area (Å²) in [5.74, 6) is 1.48. The Labute approximate surface area is 177 Å². The van der Waals surface area contributed by atoms with E-state index in [1.807, 2.05) is 0 Å². The normalized spacial score (nSPS) is 29.5. The Bertz CT molecular complexity index is 854. The molecule has 0 aliphatic heterocycles. The molecule has 5 rings (SSSR count). The predicted molar refractivity (Wildman–Crippen MR) is 116 cm³/mol. The van der Waals surface area contributed by atoms with E-state index < -0.39 is 5.91 Å². The van der Waals surface area contributed by atoms with E-state index in [0.717, 1.165) is 17.8 Å². The highest BCUT2D eigenvalue weighted by Gasteiger charge is 2.51. The number of hydrogen-bond donors (Lipinski definition) is 3. The number of para-hydroxylation sites is 1. The van der Waals surface area contributed by atoms with Crippen molar-refractivity contribution in [3.63, 3.8) is 0 Å². The minimum atomic E-state index is -0.470. The number of hydrogen-bond acceptors (Lipinski definition) is 3. The second-order valence-electron chi connectivity index (χ2n) is 9.53. The van der Waals surface area contributed by atoms with Crippen molar-refractivity contribution in [2.75, 3.05) is 11.9 Å². The zero-order valence-electron chi connectivity index (χ0n) is 17.6. The molecule has 30 heavy (non-hydrogen) atoms. The van der Waals surface area contributed by atoms with E-state index in [2.05, 4.69) is 17.6 Å². The molecule has 4 bridgehead atoms. The lowest BCUT2D eigenvalue weighted by atomic mass is 9.48. The van der Waals surface area contributed by atoms with Crippen molar-refractivity contribution in [1.82, 2.24) is 5.32 Å². The number of nitrogens with one attached hydrogen (secondary N) is 2. The average Bonchev–Trinajstić information content (AvgIpc) is 2.67. The molecular formula is C24H31N3O3. The standard InChI is InChI=1S/C24H31N3O3/c1-15(24-12-16-9-17(13-24)11-18(10-16)14-24)8-22(29)27-20-5-3-2-4-19(20)23(30)26-7-6-21(25)28/h2-5,8,16-18H,6-7,9-14H2,1H3,(H2,25,28)(H,26,30)(H,27,29)/b15-8+. The van der Waals surface area contributed by atoms with E-state index in [1.54, 1.807) is 30.3 Å². The first-order valence-electron chi connectivity index (χ1n) is 11.0. The van der Waals surface area contributed by atoms with Crippen LogP contribution in [0.4, 0.5) is 5.69 Å². The van der Waals surface area contributed by atoms with Gasteiger partial charge in [-0.15, -0.1) is 0 Å². The van der Waals surface area contributed by atoms with Crippen LogP contribution >= 0.6 is 0 Å². The summed E-state index contributed by atoms with van der Waals surface area (Å²) in [6.07, 6.45) is 9.58. The number of nitrogens with two attached hydrogens (primary N) is 1. The van der Waals surface area contributed by atoms with E-state index in [0.29, 0.717) is 11.3 Å². The molecule has 4 aliphatic carbocycles. The van der Waals surface area contributed by atoms with Gasteiger partial charge < -0.3 is 16.4 Å². The van der Waals surface area contributed by atoms with Crippen LogP contribution in [0.2, 0.25) is 0 Å². The molecule has 4 saturated carbocycles. The Hall–Kier alpha value is -2.63. The van der Waals surface area contributed by atoms with E-state index in [1.165, 1.54) is 44.1 Å². The van der Waals surface area contributed by atoms with Crippen LogP contribution in [0, 0.1) is 23.2 Å². The van der Waals surface area contributed by atoms with Crippen molar-refractivity contribution in [2.24, 2.45) is 28.9 Å². The van der Waals surface area contributed by atoms with Crippen LogP contribution in [0.5, 0.6) is 0 Å². The van der Waals surface area contributed by atoms with Gasteiger partial charge in [0.1, 0.15) is 0 Å². The van der Waals surface area contributed by atoms with Crippen LogP contribution in [0.3, 0.4) is 0 Å². The van der Waals surface area contributed by atoms with Gasteiger partial charge in [-0.05, 0) is 80.8 Å². The van der Waals surface area contributed by atoms with E-state index >= 15 is 0 Å². The van der Waals surface area contributed by atoms with Crippen LogP contribution < -0.4 is 16.4 Å². The van der Waals surface area contributed by atoms with Crippen LogP contribution in [-0.2, 0) is 9.59 Å². The van der Waals surface area contributed by atoms with Crippen LogP contribution in [-0.4, -0.2) is 24.3 Å². The zero-order valence-corrected chi connectivity index (χ0v) is 17.6. The minimum absolute atomic E-state index is 0.0767. The van der Waals surface area contributed by atoms with Gasteiger partial charge in [-0.25, -0.2) is 0 Å². The fourth-order valence-corrected chi connectivity index (χ4v) is 6.30. The number of benzene rings is 1. The summed E-state index contributed by atoms with van der Waals surface area (Å²) in [5.41, 5.74) is 7.33. The molecular weight excluding hydrogens is 378 g/mol. The number of carbonyl (C=O) groups is 3. The molecule has 6 heteroatoms. The van der Waals surface area contributed by atoms with Gasteiger partial charge in [-0.1, -0.05) is 17.7 Å². The fraction of sp³-hybridized carbons (Fsp3) is 0.542. The van der Waals surface area contributed by atoms with Gasteiger partial charge in [0.15, 0.2) is 0 Å². The molecule has 0 aromatic heterocycles. The molecule has 0 unspecified atom stereocenters. The third kappa shape index (κ3) is 4.27. The maximum Gasteiger partial charge on any atom is 0.253 e. The molecule has 4 fully saturated rings. The molecule has 3 amide bonds. The first-order chi connectivity index (χ1) is 14.3. The summed E-state index contributed by atoms with van der Waals surface area (Å²) in [4.78, 5) is 36.1. The van der Waals surface area contributed by atoms with Gasteiger partial charge in [0.25, 0.3) is 5.91 Å². The summed E-state index contributed by atoms with van der Waals surface area (Å²) in [7, 11) is 0. The van der Waals surface area contributed by atoms with E-state index in [-0.39, 0.29) is 30.2 Å². The van der Waals surface area contributed by atoms with Crippen molar-refractivity contribution >= 4 is 23.4 Å². The quantitative estimate of drug-likeness (QED) is 0.602. The number of anilines is 1. The second-order valence-corrected chi connectivity index (χ2v) is 9.53.